The maximum Gasteiger partial charge on any atom is 0.306 e. The lowest BCUT2D eigenvalue weighted by atomic mass is 10.0. The quantitative estimate of drug-likeness (QED) is 0.0262. The fourth-order valence-corrected chi connectivity index (χ4v) is 7.10. The molecule has 0 aliphatic carbocycles. The van der Waals surface area contributed by atoms with Gasteiger partial charge in [-0.15, -0.1) is 0 Å². The van der Waals surface area contributed by atoms with E-state index in [-0.39, 0.29) is 44.0 Å². The summed E-state index contributed by atoms with van der Waals surface area (Å²) in [6.07, 6.45) is 79.9. The summed E-state index contributed by atoms with van der Waals surface area (Å²) in [4.78, 5) is 38.1. The molecule has 1 atom stereocenters. The standard InChI is InChI=1S/C63H98O6/c1-4-7-10-13-16-19-22-25-27-29-31-33-35-38-41-44-47-50-53-56-62(65)68-59-60(58-67-61(64)55-52-49-46-43-40-37-24-21-18-15-12-9-6-3)69-63(66)57-54-51-48-45-42-39-36-34-32-30-28-26-23-20-17-14-11-8-5-2/h7,9-10,12-13,15-16,18-19,21-22,24-25,27,29,31,33,35,37-38,40-41,43,46,60H,4-6,8,11,14,17,20,23,26,28,30,32,34,36,39,42,44-45,47-59H2,1-3H3/b10-7+,12-9+,16-13+,18-15+,22-19+,24-21+,27-25+,31-29+,35-33+,40-37+,41-38+,46-43+. The van der Waals surface area contributed by atoms with E-state index < -0.39 is 6.10 Å². The van der Waals surface area contributed by atoms with Crippen LogP contribution in [0.2, 0.25) is 0 Å². The molecule has 0 aliphatic rings. The third-order valence-electron chi connectivity index (χ3n) is 11.2. The molecule has 0 aromatic heterocycles. The SMILES string of the molecule is CC/C=C/C=C/C=C/C=C/C=C/C=C/C=C/CCCCCC(=O)OCC(COC(=O)CCC/C=C/C=C/C=C/C=C/C=C/CC)OC(=O)CCCCCCCCCCCCCCCCCCCCC. The smallest absolute Gasteiger partial charge is 0.306 e. The molecule has 0 spiro atoms. The van der Waals surface area contributed by atoms with Crippen LogP contribution in [0.4, 0.5) is 0 Å². The Kier molecular flexibility index (Phi) is 52.1. The van der Waals surface area contributed by atoms with Crippen molar-refractivity contribution < 1.29 is 28.6 Å². The fraction of sp³-hybridized carbons (Fsp3) is 0.571. The zero-order valence-corrected chi connectivity index (χ0v) is 44.0. The van der Waals surface area contributed by atoms with Crippen molar-refractivity contribution in [3.63, 3.8) is 0 Å². The molecule has 386 valence electrons. The first-order valence-electron chi connectivity index (χ1n) is 27.5. The first kappa shape index (κ1) is 64.3. The summed E-state index contributed by atoms with van der Waals surface area (Å²) in [5.74, 6) is -1.05. The average molecular weight is 951 g/mol. The van der Waals surface area contributed by atoms with Gasteiger partial charge in [-0.25, -0.2) is 0 Å². The largest absolute Gasteiger partial charge is 0.462 e. The van der Waals surface area contributed by atoms with Crippen LogP contribution in [0.5, 0.6) is 0 Å². The Labute approximate surface area is 423 Å². The van der Waals surface area contributed by atoms with E-state index in [1.165, 1.54) is 103 Å². The predicted molar refractivity (Wildman–Crippen MR) is 297 cm³/mol. The van der Waals surface area contributed by atoms with Crippen LogP contribution in [0, 0.1) is 0 Å². The van der Waals surface area contributed by atoms with Crippen LogP contribution >= 0.6 is 0 Å². The minimum Gasteiger partial charge on any atom is -0.462 e. The highest BCUT2D eigenvalue weighted by atomic mass is 16.6. The number of carbonyl (C=O) groups is 3. The van der Waals surface area contributed by atoms with Crippen molar-refractivity contribution in [1.82, 2.24) is 0 Å². The van der Waals surface area contributed by atoms with Crippen molar-refractivity contribution in [2.75, 3.05) is 13.2 Å². The highest BCUT2D eigenvalue weighted by molar-refractivity contribution is 5.71. The number of allylic oxidation sites excluding steroid dienone is 24. The second-order valence-electron chi connectivity index (χ2n) is 17.7. The molecular weight excluding hydrogens is 853 g/mol. The molecular formula is C63H98O6. The van der Waals surface area contributed by atoms with Gasteiger partial charge in [-0.2, -0.15) is 0 Å². The molecule has 0 fully saturated rings. The van der Waals surface area contributed by atoms with Gasteiger partial charge in [0.15, 0.2) is 6.10 Å². The molecule has 0 heterocycles. The molecule has 0 amide bonds. The molecule has 0 N–H and O–H groups in total. The summed E-state index contributed by atoms with van der Waals surface area (Å²) < 4.78 is 16.7. The molecule has 0 aromatic carbocycles. The van der Waals surface area contributed by atoms with Crippen LogP contribution in [0.1, 0.15) is 213 Å². The Morgan fingerprint density at radius 3 is 0.942 bits per heavy atom. The fourth-order valence-electron chi connectivity index (χ4n) is 7.10. The van der Waals surface area contributed by atoms with Crippen LogP contribution in [0.3, 0.4) is 0 Å². The predicted octanol–water partition coefficient (Wildman–Crippen LogP) is 18.4. The van der Waals surface area contributed by atoms with Gasteiger partial charge in [-0.3, -0.25) is 14.4 Å². The van der Waals surface area contributed by atoms with E-state index in [0.29, 0.717) is 19.3 Å². The summed E-state index contributed by atoms with van der Waals surface area (Å²) in [5.41, 5.74) is 0. The van der Waals surface area contributed by atoms with E-state index in [2.05, 4.69) is 39.0 Å². The maximum atomic E-state index is 12.8. The second kappa shape index (κ2) is 55.9. The number of hydrogen-bond acceptors (Lipinski definition) is 6. The lowest BCUT2D eigenvalue weighted by Crippen LogP contribution is -2.30. The number of carbonyl (C=O) groups excluding carboxylic acids is 3. The van der Waals surface area contributed by atoms with Crippen molar-refractivity contribution in [2.24, 2.45) is 0 Å². The minimum absolute atomic E-state index is 0.129. The molecule has 6 heteroatoms. The van der Waals surface area contributed by atoms with Crippen LogP contribution in [-0.4, -0.2) is 37.2 Å². The van der Waals surface area contributed by atoms with Crippen molar-refractivity contribution in [3.05, 3.63) is 146 Å². The Balaban J connectivity index is 4.55. The zero-order chi connectivity index (χ0) is 50.0. The van der Waals surface area contributed by atoms with E-state index in [0.717, 1.165) is 57.8 Å². The summed E-state index contributed by atoms with van der Waals surface area (Å²) in [7, 11) is 0. The molecule has 0 aliphatic heterocycles. The van der Waals surface area contributed by atoms with Crippen molar-refractivity contribution in [3.8, 4) is 0 Å². The van der Waals surface area contributed by atoms with Crippen molar-refractivity contribution >= 4 is 17.9 Å². The number of ether oxygens (including phenoxy) is 3. The Morgan fingerprint density at radius 1 is 0.304 bits per heavy atom. The van der Waals surface area contributed by atoms with E-state index in [1.807, 2.05) is 128 Å². The van der Waals surface area contributed by atoms with E-state index >= 15 is 0 Å². The normalized spacial score (nSPS) is 13.3. The van der Waals surface area contributed by atoms with Gasteiger partial charge in [0.1, 0.15) is 13.2 Å². The summed E-state index contributed by atoms with van der Waals surface area (Å²) in [6.45, 7) is 6.24. The topological polar surface area (TPSA) is 78.9 Å². The average Bonchev–Trinajstić information content (AvgIpc) is 3.35. The Morgan fingerprint density at radius 2 is 0.580 bits per heavy atom. The number of rotatable bonds is 47. The summed E-state index contributed by atoms with van der Waals surface area (Å²) >= 11 is 0. The summed E-state index contributed by atoms with van der Waals surface area (Å²) in [6, 6.07) is 0. The van der Waals surface area contributed by atoms with E-state index in [1.54, 1.807) is 0 Å². The van der Waals surface area contributed by atoms with Crippen LogP contribution < -0.4 is 0 Å². The zero-order valence-electron chi connectivity index (χ0n) is 44.0. The van der Waals surface area contributed by atoms with Gasteiger partial charge < -0.3 is 14.2 Å². The first-order chi connectivity index (χ1) is 34.0. The van der Waals surface area contributed by atoms with Crippen LogP contribution in [-0.2, 0) is 28.6 Å². The van der Waals surface area contributed by atoms with Crippen molar-refractivity contribution in [1.29, 1.82) is 0 Å². The lowest BCUT2D eigenvalue weighted by molar-refractivity contribution is -0.167. The molecule has 0 saturated carbocycles. The van der Waals surface area contributed by atoms with E-state index in [9.17, 15) is 14.4 Å². The maximum absolute atomic E-state index is 12.8. The molecule has 0 rings (SSSR count). The molecule has 69 heavy (non-hydrogen) atoms. The van der Waals surface area contributed by atoms with Gasteiger partial charge in [-0.05, 0) is 51.4 Å². The Hall–Kier alpha value is -4.71. The van der Waals surface area contributed by atoms with Gasteiger partial charge in [-0.1, -0.05) is 289 Å². The van der Waals surface area contributed by atoms with Crippen molar-refractivity contribution in [2.45, 2.75) is 219 Å². The molecule has 6 nitrogen and oxygen atoms in total. The van der Waals surface area contributed by atoms with Crippen LogP contribution in [0.15, 0.2) is 146 Å². The number of unbranched alkanes of at least 4 members (excludes halogenated alkanes) is 22. The third-order valence-corrected chi connectivity index (χ3v) is 11.2. The third kappa shape index (κ3) is 54.1. The van der Waals surface area contributed by atoms with Gasteiger partial charge in [0, 0.05) is 19.3 Å². The first-order valence-corrected chi connectivity index (χ1v) is 27.5. The van der Waals surface area contributed by atoms with Gasteiger partial charge in [0.25, 0.3) is 0 Å². The highest BCUT2D eigenvalue weighted by Crippen LogP contribution is 2.16. The minimum atomic E-state index is -0.831. The summed E-state index contributed by atoms with van der Waals surface area (Å²) in [5, 5.41) is 0. The van der Waals surface area contributed by atoms with Crippen LogP contribution in [0.25, 0.3) is 0 Å². The van der Waals surface area contributed by atoms with Gasteiger partial charge in [0.2, 0.25) is 0 Å². The monoisotopic (exact) mass is 951 g/mol. The molecule has 0 bridgehead atoms. The van der Waals surface area contributed by atoms with Gasteiger partial charge >= 0.3 is 17.9 Å². The van der Waals surface area contributed by atoms with Gasteiger partial charge in [0.05, 0.1) is 0 Å². The second-order valence-corrected chi connectivity index (χ2v) is 17.7. The molecule has 0 radical (unpaired) electrons. The highest BCUT2D eigenvalue weighted by Gasteiger charge is 2.19. The molecule has 1 unspecified atom stereocenters. The number of hydrogen-bond donors (Lipinski definition) is 0. The molecule has 0 aromatic rings. The molecule has 0 saturated heterocycles. The number of esters is 3. The van der Waals surface area contributed by atoms with E-state index in [4.69, 9.17) is 14.2 Å². The lowest BCUT2D eigenvalue weighted by Gasteiger charge is -2.18. The Bertz CT molecular complexity index is 1560.